The van der Waals surface area contributed by atoms with Crippen LogP contribution in [0.4, 0.5) is 5.69 Å². The third-order valence-corrected chi connectivity index (χ3v) is 2.50. The number of nitrogens with one attached hydrogen (secondary N) is 2. The van der Waals surface area contributed by atoms with Crippen LogP contribution in [0.5, 0.6) is 5.75 Å². The number of carbonyl (C=O) groups is 1. The van der Waals surface area contributed by atoms with E-state index in [4.69, 9.17) is 9.47 Å². The van der Waals surface area contributed by atoms with E-state index in [9.17, 15) is 4.79 Å². The highest BCUT2D eigenvalue weighted by Crippen LogP contribution is 2.17. The molecular formula is C14H22N2O3. The Morgan fingerprint density at radius 2 is 2.16 bits per heavy atom. The maximum absolute atomic E-state index is 11.7. The predicted octanol–water partition coefficient (Wildman–Crippen LogP) is 1.65. The molecule has 0 spiro atoms. The summed E-state index contributed by atoms with van der Waals surface area (Å²) in [4.78, 5) is 11.7. The van der Waals surface area contributed by atoms with E-state index in [-0.39, 0.29) is 5.91 Å². The van der Waals surface area contributed by atoms with Crippen LogP contribution in [0.15, 0.2) is 24.3 Å². The maximum Gasteiger partial charge on any atom is 0.224 e. The Kier molecular flexibility index (Phi) is 7.62. The Hall–Kier alpha value is -1.59. The van der Waals surface area contributed by atoms with Gasteiger partial charge in [-0.25, -0.2) is 0 Å². The first-order valence-corrected chi connectivity index (χ1v) is 6.42. The average Bonchev–Trinajstić information content (AvgIpc) is 2.40. The lowest BCUT2D eigenvalue weighted by atomic mass is 10.2. The summed E-state index contributed by atoms with van der Waals surface area (Å²) in [5.41, 5.74) is 0.754. The van der Waals surface area contributed by atoms with E-state index in [0.29, 0.717) is 19.6 Å². The normalized spacial score (nSPS) is 10.2. The molecule has 0 unspecified atom stereocenters. The molecule has 0 fully saturated rings. The van der Waals surface area contributed by atoms with Crippen LogP contribution in [0, 0.1) is 0 Å². The van der Waals surface area contributed by atoms with Crippen molar-refractivity contribution in [1.29, 1.82) is 0 Å². The van der Waals surface area contributed by atoms with E-state index in [1.165, 1.54) is 0 Å². The molecular weight excluding hydrogens is 244 g/mol. The van der Waals surface area contributed by atoms with Gasteiger partial charge in [0.1, 0.15) is 12.4 Å². The minimum absolute atomic E-state index is 0.0179. The van der Waals surface area contributed by atoms with Crippen molar-refractivity contribution in [3.63, 3.8) is 0 Å². The van der Waals surface area contributed by atoms with Gasteiger partial charge in [0, 0.05) is 25.3 Å². The van der Waals surface area contributed by atoms with Crippen molar-refractivity contribution in [2.24, 2.45) is 0 Å². The molecule has 0 bridgehead atoms. The number of ether oxygens (including phenoxy) is 2. The van der Waals surface area contributed by atoms with Crippen LogP contribution >= 0.6 is 0 Å². The topological polar surface area (TPSA) is 59.6 Å². The highest BCUT2D eigenvalue weighted by atomic mass is 16.5. The lowest BCUT2D eigenvalue weighted by Crippen LogP contribution is -2.15. The number of anilines is 1. The number of benzene rings is 1. The van der Waals surface area contributed by atoms with Crippen LogP contribution in [0.2, 0.25) is 0 Å². The summed E-state index contributed by atoms with van der Waals surface area (Å²) in [6.45, 7) is 1.88. The quantitative estimate of drug-likeness (QED) is 0.667. The fourth-order valence-corrected chi connectivity index (χ4v) is 1.56. The van der Waals surface area contributed by atoms with Crippen molar-refractivity contribution in [3.8, 4) is 5.75 Å². The van der Waals surface area contributed by atoms with Crippen LogP contribution in [-0.4, -0.2) is 39.8 Å². The zero-order valence-electron chi connectivity index (χ0n) is 11.6. The summed E-state index contributed by atoms with van der Waals surface area (Å²) in [5.74, 6) is 0.745. The van der Waals surface area contributed by atoms with Crippen molar-refractivity contribution in [3.05, 3.63) is 24.3 Å². The van der Waals surface area contributed by atoms with Gasteiger partial charge in [-0.15, -0.1) is 0 Å². The summed E-state index contributed by atoms with van der Waals surface area (Å²) < 4.78 is 10.4. The number of hydrogen-bond acceptors (Lipinski definition) is 4. The second kappa shape index (κ2) is 9.35. The van der Waals surface area contributed by atoms with Gasteiger partial charge < -0.3 is 20.1 Å². The first-order chi connectivity index (χ1) is 9.26. The molecule has 0 aliphatic rings. The van der Waals surface area contributed by atoms with Crippen LogP contribution in [0.1, 0.15) is 12.8 Å². The molecule has 106 valence electrons. The second-order valence-electron chi connectivity index (χ2n) is 4.12. The van der Waals surface area contributed by atoms with Gasteiger partial charge in [0.15, 0.2) is 0 Å². The number of carbonyl (C=O) groups excluding carboxylic acids is 1. The second-order valence-corrected chi connectivity index (χ2v) is 4.12. The van der Waals surface area contributed by atoms with Gasteiger partial charge in [-0.05, 0) is 32.1 Å². The van der Waals surface area contributed by atoms with Gasteiger partial charge in [-0.1, -0.05) is 6.07 Å². The van der Waals surface area contributed by atoms with Crippen molar-refractivity contribution < 1.29 is 14.3 Å². The summed E-state index contributed by atoms with van der Waals surface area (Å²) in [6.07, 6.45) is 1.34. The number of methoxy groups -OCH3 is 1. The molecule has 0 atom stereocenters. The molecule has 5 heteroatoms. The van der Waals surface area contributed by atoms with Crippen LogP contribution in [0.25, 0.3) is 0 Å². The Morgan fingerprint density at radius 1 is 1.32 bits per heavy atom. The third kappa shape index (κ3) is 6.79. The predicted molar refractivity (Wildman–Crippen MR) is 75.6 cm³/mol. The smallest absolute Gasteiger partial charge is 0.224 e. The lowest BCUT2D eigenvalue weighted by molar-refractivity contribution is -0.116. The zero-order valence-corrected chi connectivity index (χ0v) is 11.6. The number of amides is 1. The number of hydrogen-bond donors (Lipinski definition) is 2. The van der Waals surface area contributed by atoms with Crippen molar-refractivity contribution in [1.82, 2.24) is 5.32 Å². The molecule has 1 aromatic carbocycles. The standard InChI is InChI=1S/C14H22N2O3/c1-15-8-4-7-14(17)16-12-5-3-6-13(11-12)19-10-9-18-2/h3,5-6,11,15H,4,7-10H2,1-2H3,(H,16,17). The van der Waals surface area contributed by atoms with E-state index in [1.807, 2.05) is 31.3 Å². The van der Waals surface area contributed by atoms with Crippen LogP contribution in [0.3, 0.4) is 0 Å². The van der Waals surface area contributed by atoms with Crippen molar-refractivity contribution in [2.45, 2.75) is 12.8 Å². The molecule has 0 aliphatic carbocycles. The number of rotatable bonds is 9. The van der Waals surface area contributed by atoms with Gasteiger partial charge in [-0.2, -0.15) is 0 Å². The first-order valence-electron chi connectivity index (χ1n) is 6.42. The molecule has 2 N–H and O–H groups in total. The van der Waals surface area contributed by atoms with E-state index in [2.05, 4.69) is 10.6 Å². The Morgan fingerprint density at radius 3 is 2.89 bits per heavy atom. The maximum atomic E-state index is 11.7. The van der Waals surface area contributed by atoms with E-state index >= 15 is 0 Å². The zero-order chi connectivity index (χ0) is 13.9. The molecule has 5 nitrogen and oxygen atoms in total. The first kappa shape index (κ1) is 15.5. The Balaban J connectivity index is 2.40. The minimum atomic E-state index is 0.0179. The highest BCUT2D eigenvalue weighted by molar-refractivity contribution is 5.90. The van der Waals surface area contributed by atoms with E-state index in [0.717, 1.165) is 24.4 Å². The SMILES string of the molecule is CNCCCC(=O)Nc1cccc(OCCOC)c1. The van der Waals surface area contributed by atoms with Gasteiger partial charge in [0.2, 0.25) is 5.91 Å². The van der Waals surface area contributed by atoms with E-state index in [1.54, 1.807) is 7.11 Å². The molecule has 0 aliphatic heterocycles. The largest absolute Gasteiger partial charge is 0.491 e. The van der Waals surface area contributed by atoms with Gasteiger partial charge in [0.25, 0.3) is 0 Å². The molecule has 1 aromatic rings. The van der Waals surface area contributed by atoms with Crippen molar-refractivity contribution in [2.75, 3.05) is 39.2 Å². The summed E-state index contributed by atoms with van der Waals surface area (Å²) in [7, 11) is 3.50. The monoisotopic (exact) mass is 266 g/mol. The molecule has 1 rings (SSSR count). The van der Waals surface area contributed by atoms with Crippen LogP contribution in [-0.2, 0) is 9.53 Å². The Labute approximate surface area is 114 Å². The molecule has 0 saturated carbocycles. The Bertz CT molecular complexity index is 383. The molecule has 0 saturated heterocycles. The highest BCUT2D eigenvalue weighted by Gasteiger charge is 2.03. The van der Waals surface area contributed by atoms with E-state index < -0.39 is 0 Å². The fraction of sp³-hybridized carbons (Fsp3) is 0.500. The summed E-state index contributed by atoms with van der Waals surface area (Å²) in [5, 5.41) is 5.87. The minimum Gasteiger partial charge on any atom is -0.491 e. The molecule has 0 aromatic heterocycles. The third-order valence-electron chi connectivity index (χ3n) is 2.50. The average molecular weight is 266 g/mol. The van der Waals surface area contributed by atoms with Gasteiger partial charge in [0.05, 0.1) is 6.61 Å². The molecule has 1 amide bonds. The molecule has 0 radical (unpaired) electrons. The summed E-state index contributed by atoms with van der Waals surface area (Å²) >= 11 is 0. The molecule has 0 heterocycles. The fourth-order valence-electron chi connectivity index (χ4n) is 1.56. The van der Waals surface area contributed by atoms with Gasteiger partial charge in [-0.3, -0.25) is 4.79 Å². The summed E-state index contributed by atoms with van der Waals surface area (Å²) in [6, 6.07) is 7.36. The lowest BCUT2D eigenvalue weighted by Gasteiger charge is -2.09. The van der Waals surface area contributed by atoms with Crippen molar-refractivity contribution >= 4 is 11.6 Å². The van der Waals surface area contributed by atoms with Gasteiger partial charge >= 0.3 is 0 Å². The molecule has 19 heavy (non-hydrogen) atoms. The van der Waals surface area contributed by atoms with Crippen LogP contribution < -0.4 is 15.4 Å².